The monoisotopic (exact) mass is 388 g/mol. The highest BCUT2D eigenvalue weighted by Gasteiger charge is 2.59. The Labute approximate surface area is 171 Å². The Morgan fingerprint density at radius 3 is 2.75 bits per heavy atom. The van der Waals surface area contributed by atoms with Gasteiger partial charge in [-0.05, 0) is 98.2 Å². The number of rotatable bonds is 4. The second-order valence-electron chi connectivity index (χ2n) is 11.0. The fraction of sp³-hybridized carbons (Fsp3) is 0.880. The first kappa shape index (κ1) is 20.4. The average molecular weight is 389 g/mol. The molecule has 0 saturated heterocycles. The minimum atomic E-state index is -0.115. The van der Waals surface area contributed by atoms with Crippen molar-refractivity contribution in [3.8, 4) is 0 Å². The van der Waals surface area contributed by atoms with Crippen LogP contribution in [0.4, 0.5) is 0 Å². The normalized spacial score (nSPS) is 46.0. The smallest absolute Gasteiger partial charge is 0.305 e. The summed E-state index contributed by atoms with van der Waals surface area (Å²) in [6, 6.07) is 0. The van der Waals surface area contributed by atoms with Crippen molar-refractivity contribution in [2.45, 2.75) is 91.1 Å². The predicted molar refractivity (Wildman–Crippen MR) is 112 cm³/mol. The number of carbonyl (C=O) groups is 1. The quantitative estimate of drug-likeness (QED) is 0.510. The van der Waals surface area contributed by atoms with Gasteiger partial charge in [0.05, 0.1) is 13.2 Å². The second-order valence-corrected chi connectivity index (χ2v) is 11.0. The summed E-state index contributed by atoms with van der Waals surface area (Å²) in [5, 5.41) is 10.2. The number of methoxy groups -OCH3 is 1. The number of fused-ring (bicyclic) bond motifs is 5. The van der Waals surface area contributed by atoms with Crippen LogP contribution in [0.2, 0.25) is 0 Å². The molecule has 0 aromatic carbocycles. The number of ether oxygens (including phenoxy) is 1. The summed E-state index contributed by atoms with van der Waals surface area (Å²) in [5.74, 6) is 3.74. The zero-order valence-corrected chi connectivity index (χ0v) is 18.4. The van der Waals surface area contributed by atoms with Gasteiger partial charge < -0.3 is 9.84 Å². The van der Waals surface area contributed by atoms with E-state index in [0.29, 0.717) is 23.2 Å². The van der Waals surface area contributed by atoms with Crippen LogP contribution < -0.4 is 0 Å². The number of aliphatic hydroxyl groups is 1. The van der Waals surface area contributed by atoms with Crippen LogP contribution in [-0.4, -0.2) is 24.3 Å². The zero-order chi connectivity index (χ0) is 20.1. The molecule has 3 saturated carbocycles. The van der Waals surface area contributed by atoms with E-state index in [1.807, 2.05) is 0 Å². The van der Waals surface area contributed by atoms with E-state index in [1.165, 1.54) is 45.6 Å². The van der Waals surface area contributed by atoms with Crippen molar-refractivity contribution in [1.82, 2.24) is 0 Å². The van der Waals surface area contributed by atoms with Crippen molar-refractivity contribution < 1.29 is 14.6 Å². The van der Waals surface area contributed by atoms with Gasteiger partial charge >= 0.3 is 5.97 Å². The maximum Gasteiger partial charge on any atom is 0.305 e. The Hall–Kier alpha value is -0.830. The van der Waals surface area contributed by atoms with E-state index in [9.17, 15) is 9.90 Å². The molecule has 4 rings (SSSR count). The first-order valence-corrected chi connectivity index (χ1v) is 11.7. The molecular formula is C25H40O3. The standard InChI is InChI=1S/C25H40O3/c1-16(5-10-23(27)28-4)20-8-9-21-19-7-6-17-15-18(26)11-13-24(17,2)22(19)12-14-25(20,21)3/h6,16,18-22,26H,5,7-15H2,1-4H3/t16-,18-,19-,20-,21+,22+,24-,25+/m0/s1. The average Bonchev–Trinajstić information content (AvgIpc) is 3.03. The number of carbonyl (C=O) groups excluding carboxylic acids is 1. The molecular weight excluding hydrogens is 348 g/mol. The van der Waals surface area contributed by atoms with E-state index in [1.54, 1.807) is 5.57 Å². The molecule has 0 unspecified atom stereocenters. The van der Waals surface area contributed by atoms with Gasteiger partial charge in [0.2, 0.25) is 0 Å². The molecule has 0 radical (unpaired) electrons. The topological polar surface area (TPSA) is 46.5 Å². The van der Waals surface area contributed by atoms with Crippen molar-refractivity contribution in [2.75, 3.05) is 7.11 Å². The van der Waals surface area contributed by atoms with Crippen LogP contribution in [0.1, 0.15) is 85.0 Å². The van der Waals surface area contributed by atoms with Crippen LogP contribution in [-0.2, 0) is 9.53 Å². The Morgan fingerprint density at radius 1 is 1.21 bits per heavy atom. The molecule has 4 aliphatic carbocycles. The number of aliphatic hydroxyl groups excluding tert-OH is 1. The summed E-state index contributed by atoms with van der Waals surface area (Å²) in [7, 11) is 1.50. The lowest BCUT2D eigenvalue weighted by Crippen LogP contribution is -2.50. The van der Waals surface area contributed by atoms with E-state index in [2.05, 4.69) is 26.8 Å². The molecule has 158 valence electrons. The lowest BCUT2D eigenvalue weighted by Gasteiger charge is -2.58. The van der Waals surface area contributed by atoms with E-state index in [-0.39, 0.29) is 12.1 Å². The fourth-order valence-electron chi connectivity index (χ4n) is 8.27. The van der Waals surface area contributed by atoms with E-state index >= 15 is 0 Å². The summed E-state index contributed by atoms with van der Waals surface area (Å²) in [6.07, 6.45) is 13.6. The SMILES string of the molecule is COC(=O)CC[C@H](C)[C@@H]1CC[C@@H]2[C@@H]3CC=C4C[C@@H](O)CC[C@]4(C)[C@@H]3CC[C@@]21C. The molecule has 0 bridgehead atoms. The summed E-state index contributed by atoms with van der Waals surface area (Å²) < 4.78 is 4.87. The van der Waals surface area contributed by atoms with E-state index in [4.69, 9.17) is 4.74 Å². The largest absolute Gasteiger partial charge is 0.469 e. The minimum Gasteiger partial charge on any atom is -0.469 e. The summed E-state index contributed by atoms with van der Waals surface area (Å²) in [5.41, 5.74) is 2.34. The lowest BCUT2D eigenvalue weighted by molar-refractivity contribution is -0.141. The van der Waals surface area contributed by atoms with Crippen LogP contribution >= 0.6 is 0 Å². The first-order chi connectivity index (χ1) is 13.3. The summed E-state index contributed by atoms with van der Waals surface area (Å²) in [6.45, 7) is 7.46. The zero-order valence-electron chi connectivity index (χ0n) is 18.4. The molecule has 0 heterocycles. The molecule has 8 atom stereocenters. The minimum absolute atomic E-state index is 0.0624. The summed E-state index contributed by atoms with van der Waals surface area (Å²) >= 11 is 0. The first-order valence-electron chi connectivity index (χ1n) is 11.7. The van der Waals surface area contributed by atoms with Gasteiger partial charge in [-0.2, -0.15) is 0 Å². The second kappa shape index (κ2) is 7.45. The highest BCUT2D eigenvalue weighted by atomic mass is 16.5. The molecule has 28 heavy (non-hydrogen) atoms. The Bertz CT molecular complexity index is 640. The van der Waals surface area contributed by atoms with Crippen LogP contribution in [0.5, 0.6) is 0 Å². The van der Waals surface area contributed by atoms with Crippen molar-refractivity contribution in [1.29, 1.82) is 0 Å². The molecule has 0 aliphatic heterocycles. The summed E-state index contributed by atoms with van der Waals surface area (Å²) in [4.78, 5) is 11.6. The van der Waals surface area contributed by atoms with Gasteiger partial charge in [0.25, 0.3) is 0 Å². The molecule has 3 nitrogen and oxygen atoms in total. The predicted octanol–water partition coefficient (Wildman–Crippen LogP) is 5.52. The number of hydrogen-bond acceptors (Lipinski definition) is 3. The Kier molecular flexibility index (Phi) is 5.44. The third-order valence-corrected chi connectivity index (χ3v) is 9.87. The van der Waals surface area contributed by atoms with Gasteiger partial charge in [-0.3, -0.25) is 4.79 Å². The third-order valence-electron chi connectivity index (χ3n) is 9.87. The van der Waals surface area contributed by atoms with Crippen LogP contribution in [0.15, 0.2) is 11.6 Å². The molecule has 0 aromatic heterocycles. The van der Waals surface area contributed by atoms with E-state index in [0.717, 1.165) is 42.9 Å². The highest BCUT2D eigenvalue weighted by Crippen LogP contribution is 2.67. The molecule has 3 heteroatoms. The maximum absolute atomic E-state index is 11.6. The van der Waals surface area contributed by atoms with Gasteiger partial charge in [-0.25, -0.2) is 0 Å². The van der Waals surface area contributed by atoms with Crippen molar-refractivity contribution in [2.24, 2.45) is 40.4 Å². The van der Waals surface area contributed by atoms with Crippen LogP contribution in [0.3, 0.4) is 0 Å². The van der Waals surface area contributed by atoms with Crippen molar-refractivity contribution >= 4 is 5.97 Å². The molecule has 4 aliphatic rings. The molecule has 0 spiro atoms. The molecule has 0 aromatic rings. The fourth-order valence-corrected chi connectivity index (χ4v) is 8.27. The molecule has 1 N–H and O–H groups in total. The van der Waals surface area contributed by atoms with Gasteiger partial charge in [0.15, 0.2) is 0 Å². The van der Waals surface area contributed by atoms with Gasteiger partial charge in [-0.15, -0.1) is 0 Å². The van der Waals surface area contributed by atoms with Crippen molar-refractivity contribution in [3.63, 3.8) is 0 Å². The van der Waals surface area contributed by atoms with Gasteiger partial charge in [-0.1, -0.05) is 32.4 Å². The number of hydrogen-bond donors (Lipinski definition) is 1. The number of allylic oxidation sites excluding steroid dienone is 1. The Balaban J connectivity index is 1.51. The van der Waals surface area contributed by atoms with Gasteiger partial charge in [0.1, 0.15) is 0 Å². The highest BCUT2D eigenvalue weighted by molar-refractivity contribution is 5.69. The molecule has 3 fully saturated rings. The lowest BCUT2D eigenvalue weighted by atomic mass is 9.47. The van der Waals surface area contributed by atoms with Crippen molar-refractivity contribution in [3.05, 3.63) is 11.6 Å². The Morgan fingerprint density at radius 2 is 2.00 bits per heavy atom. The van der Waals surface area contributed by atoms with E-state index < -0.39 is 0 Å². The third kappa shape index (κ3) is 3.16. The van der Waals surface area contributed by atoms with Gasteiger partial charge in [0, 0.05) is 6.42 Å². The molecule has 0 amide bonds. The van der Waals surface area contributed by atoms with Crippen LogP contribution in [0, 0.1) is 40.4 Å². The van der Waals surface area contributed by atoms with Crippen LogP contribution in [0.25, 0.3) is 0 Å². The number of esters is 1. The maximum atomic E-state index is 11.6.